The first-order valence-corrected chi connectivity index (χ1v) is 5.73. The van der Waals surface area contributed by atoms with Crippen LogP contribution >= 0.6 is 12.4 Å². The zero-order chi connectivity index (χ0) is 11.4. The molecule has 1 N–H and O–H groups in total. The molecule has 1 aliphatic rings. The Labute approximate surface area is 109 Å². The first-order valence-electron chi connectivity index (χ1n) is 5.73. The quantitative estimate of drug-likeness (QED) is 0.871. The maximum Gasteiger partial charge on any atom is 0.0995 e. The number of hydrogen-bond donors (Lipinski definition) is 1. The van der Waals surface area contributed by atoms with Crippen molar-refractivity contribution >= 4 is 12.4 Å². The van der Waals surface area contributed by atoms with E-state index in [0.29, 0.717) is 6.04 Å². The molecule has 1 aromatic carbocycles. The van der Waals surface area contributed by atoms with Crippen molar-refractivity contribution in [3.8, 4) is 6.07 Å². The van der Waals surface area contributed by atoms with Gasteiger partial charge in [0.25, 0.3) is 0 Å². The number of halogens is 1. The molecule has 0 radical (unpaired) electrons. The summed E-state index contributed by atoms with van der Waals surface area (Å²) in [6.07, 6.45) is 0. The predicted molar refractivity (Wildman–Crippen MR) is 71.1 cm³/mol. The van der Waals surface area contributed by atoms with Crippen LogP contribution in [-0.2, 0) is 6.54 Å². The van der Waals surface area contributed by atoms with Gasteiger partial charge in [-0.3, -0.25) is 4.90 Å². The molecule has 1 atom stereocenters. The minimum atomic E-state index is 0. The van der Waals surface area contributed by atoms with Crippen LogP contribution in [0.1, 0.15) is 18.1 Å². The first kappa shape index (κ1) is 14.0. The Bertz CT molecular complexity index is 400. The van der Waals surface area contributed by atoms with Gasteiger partial charge in [-0.05, 0) is 18.6 Å². The van der Waals surface area contributed by atoms with Crippen LogP contribution in [0.15, 0.2) is 24.3 Å². The van der Waals surface area contributed by atoms with Crippen molar-refractivity contribution in [2.75, 3.05) is 19.6 Å². The molecule has 1 aliphatic heterocycles. The van der Waals surface area contributed by atoms with E-state index in [-0.39, 0.29) is 12.4 Å². The normalized spacial score (nSPS) is 20.4. The Morgan fingerprint density at radius 1 is 1.47 bits per heavy atom. The maximum absolute atomic E-state index is 9.02. The van der Waals surface area contributed by atoms with Gasteiger partial charge >= 0.3 is 0 Å². The average molecular weight is 252 g/mol. The lowest BCUT2D eigenvalue weighted by atomic mass is 10.1. The van der Waals surface area contributed by atoms with Gasteiger partial charge in [-0.1, -0.05) is 18.2 Å². The highest BCUT2D eigenvalue weighted by Gasteiger charge is 2.16. The Kier molecular flexibility index (Phi) is 5.43. The highest BCUT2D eigenvalue weighted by molar-refractivity contribution is 5.85. The fraction of sp³-hybridized carbons (Fsp3) is 0.462. The van der Waals surface area contributed by atoms with E-state index < -0.39 is 0 Å². The van der Waals surface area contributed by atoms with E-state index in [1.165, 1.54) is 0 Å². The summed E-state index contributed by atoms with van der Waals surface area (Å²) in [7, 11) is 0. The second-order valence-corrected chi connectivity index (χ2v) is 4.36. The average Bonchev–Trinajstić information content (AvgIpc) is 2.30. The van der Waals surface area contributed by atoms with E-state index in [1.54, 1.807) is 0 Å². The van der Waals surface area contributed by atoms with Crippen LogP contribution in [0.4, 0.5) is 0 Å². The van der Waals surface area contributed by atoms with Crippen LogP contribution in [0.5, 0.6) is 0 Å². The SMILES string of the molecule is CC1CN(Cc2ccccc2C#N)CCN1.Cl. The van der Waals surface area contributed by atoms with Gasteiger partial charge in [-0.15, -0.1) is 12.4 Å². The molecule has 1 unspecified atom stereocenters. The summed E-state index contributed by atoms with van der Waals surface area (Å²) < 4.78 is 0. The molecular formula is C13H18ClN3. The zero-order valence-electron chi connectivity index (χ0n) is 10.0. The Hall–Kier alpha value is -1.08. The summed E-state index contributed by atoms with van der Waals surface area (Å²) in [5.74, 6) is 0. The predicted octanol–water partition coefficient (Wildman–Crippen LogP) is 1.77. The van der Waals surface area contributed by atoms with Crippen molar-refractivity contribution in [1.29, 1.82) is 5.26 Å². The molecule has 1 aromatic rings. The molecule has 2 rings (SSSR count). The lowest BCUT2D eigenvalue weighted by molar-refractivity contribution is 0.199. The molecule has 3 nitrogen and oxygen atoms in total. The molecule has 92 valence electrons. The molecule has 0 bridgehead atoms. The number of piperazine rings is 1. The lowest BCUT2D eigenvalue weighted by Gasteiger charge is -2.31. The first-order chi connectivity index (χ1) is 7.79. The van der Waals surface area contributed by atoms with Crippen molar-refractivity contribution < 1.29 is 0 Å². The number of nitrogens with one attached hydrogen (secondary N) is 1. The third-order valence-corrected chi connectivity index (χ3v) is 2.98. The van der Waals surface area contributed by atoms with Crippen molar-refractivity contribution in [3.63, 3.8) is 0 Å². The van der Waals surface area contributed by atoms with Gasteiger partial charge in [0.2, 0.25) is 0 Å². The largest absolute Gasteiger partial charge is 0.312 e. The van der Waals surface area contributed by atoms with Crippen molar-refractivity contribution in [2.45, 2.75) is 19.5 Å². The summed E-state index contributed by atoms with van der Waals surface area (Å²) in [6.45, 7) is 6.23. The molecule has 1 saturated heterocycles. The summed E-state index contributed by atoms with van der Waals surface area (Å²) in [6, 6.07) is 10.7. The Balaban J connectivity index is 0.00000144. The number of rotatable bonds is 2. The number of benzene rings is 1. The fourth-order valence-corrected chi connectivity index (χ4v) is 2.16. The Morgan fingerprint density at radius 2 is 2.24 bits per heavy atom. The monoisotopic (exact) mass is 251 g/mol. The third kappa shape index (κ3) is 3.71. The van der Waals surface area contributed by atoms with E-state index in [4.69, 9.17) is 5.26 Å². The van der Waals surface area contributed by atoms with Gasteiger partial charge in [0, 0.05) is 32.2 Å². The minimum Gasteiger partial charge on any atom is -0.312 e. The topological polar surface area (TPSA) is 39.1 Å². The maximum atomic E-state index is 9.02. The highest BCUT2D eigenvalue weighted by Crippen LogP contribution is 2.12. The van der Waals surface area contributed by atoms with Crippen molar-refractivity contribution in [1.82, 2.24) is 10.2 Å². The molecule has 17 heavy (non-hydrogen) atoms. The van der Waals surface area contributed by atoms with E-state index >= 15 is 0 Å². The fourth-order valence-electron chi connectivity index (χ4n) is 2.16. The summed E-state index contributed by atoms with van der Waals surface area (Å²) in [4.78, 5) is 2.40. The zero-order valence-corrected chi connectivity index (χ0v) is 10.8. The highest BCUT2D eigenvalue weighted by atomic mass is 35.5. The summed E-state index contributed by atoms with van der Waals surface area (Å²) in [5, 5.41) is 12.4. The standard InChI is InChI=1S/C13H17N3.ClH/c1-11-9-16(7-6-15-11)10-13-5-3-2-4-12(13)8-14;/h2-5,11,15H,6-7,9-10H2,1H3;1H. The van der Waals surface area contributed by atoms with Gasteiger partial charge in [0.05, 0.1) is 11.6 Å². The van der Waals surface area contributed by atoms with Crippen LogP contribution in [0, 0.1) is 11.3 Å². The van der Waals surface area contributed by atoms with Gasteiger partial charge in [-0.25, -0.2) is 0 Å². The molecule has 4 heteroatoms. The van der Waals surface area contributed by atoms with Crippen LogP contribution in [-0.4, -0.2) is 30.6 Å². The summed E-state index contributed by atoms with van der Waals surface area (Å²) >= 11 is 0. The van der Waals surface area contributed by atoms with E-state index in [0.717, 1.165) is 37.3 Å². The molecule has 0 amide bonds. The second kappa shape index (κ2) is 6.61. The van der Waals surface area contributed by atoms with Crippen LogP contribution < -0.4 is 5.32 Å². The molecule has 0 spiro atoms. The Morgan fingerprint density at radius 3 is 2.94 bits per heavy atom. The van der Waals surface area contributed by atoms with Crippen molar-refractivity contribution in [2.24, 2.45) is 0 Å². The molecular weight excluding hydrogens is 234 g/mol. The van der Waals surface area contributed by atoms with Gasteiger partial charge < -0.3 is 5.32 Å². The van der Waals surface area contributed by atoms with Crippen molar-refractivity contribution in [3.05, 3.63) is 35.4 Å². The van der Waals surface area contributed by atoms with Gasteiger partial charge in [0.1, 0.15) is 0 Å². The molecule has 1 fully saturated rings. The molecule has 0 saturated carbocycles. The van der Waals surface area contributed by atoms with Crippen LogP contribution in [0.2, 0.25) is 0 Å². The third-order valence-electron chi connectivity index (χ3n) is 2.98. The van der Waals surface area contributed by atoms with Gasteiger partial charge in [0.15, 0.2) is 0 Å². The second-order valence-electron chi connectivity index (χ2n) is 4.36. The van der Waals surface area contributed by atoms with Crippen LogP contribution in [0.25, 0.3) is 0 Å². The van der Waals surface area contributed by atoms with Gasteiger partial charge in [-0.2, -0.15) is 5.26 Å². The number of hydrogen-bond acceptors (Lipinski definition) is 3. The number of nitriles is 1. The smallest absolute Gasteiger partial charge is 0.0995 e. The van der Waals surface area contributed by atoms with E-state index in [9.17, 15) is 0 Å². The number of nitrogens with zero attached hydrogens (tertiary/aromatic N) is 2. The molecule has 0 aliphatic carbocycles. The minimum absolute atomic E-state index is 0. The van der Waals surface area contributed by atoms with Crippen LogP contribution in [0.3, 0.4) is 0 Å². The molecule has 1 heterocycles. The lowest BCUT2D eigenvalue weighted by Crippen LogP contribution is -2.48. The van der Waals surface area contributed by atoms with E-state index in [2.05, 4.69) is 23.2 Å². The molecule has 0 aromatic heterocycles. The van der Waals surface area contributed by atoms with E-state index in [1.807, 2.05) is 24.3 Å². The summed E-state index contributed by atoms with van der Waals surface area (Å²) in [5.41, 5.74) is 1.94.